The van der Waals surface area contributed by atoms with Gasteiger partial charge in [0.2, 0.25) is 5.91 Å². The van der Waals surface area contributed by atoms with Crippen molar-refractivity contribution in [2.45, 2.75) is 25.7 Å². The summed E-state index contributed by atoms with van der Waals surface area (Å²) in [5.74, 6) is 1.59. The average molecular weight is 437 g/mol. The minimum atomic E-state index is 0.185. The number of benzene rings is 1. The molecule has 4 rings (SSSR count). The van der Waals surface area contributed by atoms with Gasteiger partial charge in [0.15, 0.2) is 11.5 Å². The predicted octanol–water partition coefficient (Wildman–Crippen LogP) is 2.84. The number of rotatable bonds is 9. The Labute approximate surface area is 189 Å². The Hall–Kier alpha value is -3.06. The van der Waals surface area contributed by atoms with Crippen LogP contribution in [-0.4, -0.2) is 72.5 Å². The summed E-state index contributed by atoms with van der Waals surface area (Å²) >= 11 is 0. The van der Waals surface area contributed by atoms with Crippen molar-refractivity contribution in [1.29, 1.82) is 0 Å². The molecule has 0 N–H and O–H groups in total. The molecule has 1 amide bonds. The number of carbonyl (C=O) groups is 1. The zero-order chi connectivity index (χ0) is 22.5. The molecule has 0 aliphatic carbocycles. The fraction of sp³-hybridized carbons (Fsp3) is 0.440. The zero-order valence-corrected chi connectivity index (χ0v) is 19.2. The lowest BCUT2D eigenvalue weighted by Gasteiger charge is -2.22. The highest BCUT2D eigenvalue weighted by Gasteiger charge is 2.22. The molecule has 1 aliphatic rings. The minimum absolute atomic E-state index is 0.185. The molecule has 0 bridgehead atoms. The van der Waals surface area contributed by atoms with Crippen molar-refractivity contribution in [1.82, 2.24) is 19.2 Å². The van der Waals surface area contributed by atoms with Gasteiger partial charge in [0, 0.05) is 44.1 Å². The summed E-state index contributed by atoms with van der Waals surface area (Å²) in [6, 6.07) is 10.0. The average Bonchev–Trinajstić information content (AvgIpc) is 3.16. The fourth-order valence-electron chi connectivity index (χ4n) is 4.37. The van der Waals surface area contributed by atoms with Crippen LogP contribution >= 0.6 is 0 Å². The van der Waals surface area contributed by atoms with E-state index in [1.54, 1.807) is 14.2 Å². The lowest BCUT2D eigenvalue weighted by Crippen LogP contribution is -2.35. The second-order valence-corrected chi connectivity index (χ2v) is 8.37. The van der Waals surface area contributed by atoms with Crippen LogP contribution in [0.5, 0.6) is 11.5 Å². The van der Waals surface area contributed by atoms with Crippen LogP contribution in [0.2, 0.25) is 0 Å². The third kappa shape index (κ3) is 4.88. The number of methoxy groups -OCH3 is 2. The molecule has 7 nitrogen and oxygen atoms in total. The number of aromatic nitrogens is 2. The molecule has 0 saturated carbocycles. The molecule has 3 heterocycles. The van der Waals surface area contributed by atoms with E-state index in [4.69, 9.17) is 9.47 Å². The first-order chi connectivity index (χ1) is 15.6. The highest BCUT2D eigenvalue weighted by atomic mass is 16.5. The summed E-state index contributed by atoms with van der Waals surface area (Å²) in [6.45, 7) is 3.44. The summed E-state index contributed by atoms with van der Waals surface area (Å²) in [4.78, 5) is 21.6. The van der Waals surface area contributed by atoms with Crippen molar-refractivity contribution in [3.05, 3.63) is 59.5 Å². The van der Waals surface area contributed by atoms with Crippen LogP contribution in [0.1, 0.15) is 23.2 Å². The standard InChI is InChI=1S/C25H32N4O3/c1-27(13-9-21-18-26-24-7-4-5-12-29(21)24)10-6-11-28-14-8-19-15-22(31-2)23(32-3)16-20(19)17-25(28)30/h4-5,7,12,15-16,18H,6,8-11,13-14,17H2,1-3H3. The van der Waals surface area contributed by atoms with Gasteiger partial charge < -0.3 is 23.7 Å². The van der Waals surface area contributed by atoms with Crippen LogP contribution in [0.25, 0.3) is 5.65 Å². The Morgan fingerprint density at radius 1 is 1.09 bits per heavy atom. The maximum absolute atomic E-state index is 12.8. The highest BCUT2D eigenvalue weighted by molar-refractivity contribution is 5.80. The van der Waals surface area contributed by atoms with Gasteiger partial charge in [-0.2, -0.15) is 0 Å². The van der Waals surface area contributed by atoms with E-state index in [-0.39, 0.29) is 5.91 Å². The van der Waals surface area contributed by atoms with Crippen molar-refractivity contribution < 1.29 is 14.3 Å². The molecule has 0 spiro atoms. The van der Waals surface area contributed by atoms with Crippen LogP contribution in [0.3, 0.4) is 0 Å². The summed E-state index contributed by atoms with van der Waals surface area (Å²) in [6.07, 6.45) is 7.18. The van der Waals surface area contributed by atoms with Gasteiger partial charge in [0.25, 0.3) is 0 Å². The van der Waals surface area contributed by atoms with E-state index >= 15 is 0 Å². The van der Waals surface area contributed by atoms with E-state index in [1.807, 2.05) is 41.4 Å². The first-order valence-corrected chi connectivity index (χ1v) is 11.2. The molecule has 0 atom stereocenters. The van der Waals surface area contributed by atoms with Crippen LogP contribution in [0.15, 0.2) is 42.7 Å². The van der Waals surface area contributed by atoms with E-state index in [0.29, 0.717) is 12.2 Å². The van der Waals surface area contributed by atoms with Gasteiger partial charge in [-0.3, -0.25) is 4.79 Å². The first kappa shape index (κ1) is 22.1. The molecular weight excluding hydrogens is 404 g/mol. The van der Waals surface area contributed by atoms with E-state index in [9.17, 15) is 4.79 Å². The van der Waals surface area contributed by atoms with Crippen molar-refractivity contribution in [3.63, 3.8) is 0 Å². The van der Waals surface area contributed by atoms with E-state index in [0.717, 1.165) is 62.4 Å². The third-order valence-electron chi connectivity index (χ3n) is 6.26. The fourth-order valence-corrected chi connectivity index (χ4v) is 4.37. The first-order valence-electron chi connectivity index (χ1n) is 11.2. The minimum Gasteiger partial charge on any atom is -0.493 e. The SMILES string of the molecule is COc1cc2c(cc1OC)CC(=O)N(CCCN(C)CCc1cnc3ccccn13)CC2. The molecule has 1 aromatic carbocycles. The van der Waals surface area contributed by atoms with Crippen molar-refractivity contribution in [2.24, 2.45) is 0 Å². The number of fused-ring (bicyclic) bond motifs is 2. The molecule has 1 aliphatic heterocycles. The Morgan fingerprint density at radius 2 is 1.88 bits per heavy atom. The maximum Gasteiger partial charge on any atom is 0.227 e. The van der Waals surface area contributed by atoms with Crippen LogP contribution in [0, 0.1) is 0 Å². The lowest BCUT2D eigenvalue weighted by molar-refractivity contribution is -0.130. The van der Waals surface area contributed by atoms with Crippen molar-refractivity contribution in [3.8, 4) is 11.5 Å². The van der Waals surface area contributed by atoms with E-state index < -0.39 is 0 Å². The smallest absolute Gasteiger partial charge is 0.227 e. The maximum atomic E-state index is 12.8. The number of imidazole rings is 1. The predicted molar refractivity (Wildman–Crippen MR) is 125 cm³/mol. The zero-order valence-electron chi connectivity index (χ0n) is 19.2. The molecule has 2 aromatic heterocycles. The largest absolute Gasteiger partial charge is 0.493 e. The van der Waals surface area contributed by atoms with Crippen molar-refractivity contribution >= 4 is 11.6 Å². The van der Waals surface area contributed by atoms with Gasteiger partial charge in [-0.25, -0.2) is 4.98 Å². The molecule has 7 heteroatoms. The molecule has 3 aromatic rings. The summed E-state index contributed by atoms with van der Waals surface area (Å²) in [5, 5.41) is 0. The number of ether oxygens (including phenoxy) is 2. The van der Waals surface area contributed by atoms with Gasteiger partial charge in [0.05, 0.1) is 20.6 Å². The summed E-state index contributed by atoms with van der Waals surface area (Å²) in [5.41, 5.74) is 4.42. The normalized spacial score (nSPS) is 14.0. The van der Waals surface area contributed by atoms with E-state index in [1.165, 1.54) is 11.3 Å². The Balaban J connectivity index is 1.27. The molecule has 0 unspecified atom stereocenters. The molecule has 170 valence electrons. The second-order valence-electron chi connectivity index (χ2n) is 8.37. The number of hydrogen-bond donors (Lipinski definition) is 0. The second kappa shape index (κ2) is 10.0. The number of amides is 1. The number of hydrogen-bond acceptors (Lipinski definition) is 5. The molecule has 32 heavy (non-hydrogen) atoms. The quantitative estimate of drug-likeness (QED) is 0.516. The number of nitrogens with zero attached hydrogens (tertiary/aromatic N) is 4. The van der Waals surface area contributed by atoms with Gasteiger partial charge in [-0.05, 0) is 61.8 Å². The van der Waals surface area contributed by atoms with Crippen LogP contribution in [0.4, 0.5) is 0 Å². The van der Waals surface area contributed by atoms with Gasteiger partial charge in [-0.1, -0.05) is 6.07 Å². The van der Waals surface area contributed by atoms with E-state index in [2.05, 4.69) is 27.5 Å². The Morgan fingerprint density at radius 3 is 2.66 bits per heavy atom. The van der Waals surface area contributed by atoms with Crippen molar-refractivity contribution in [2.75, 3.05) is 47.4 Å². The van der Waals surface area contributed by atoms with Crippen LogP contribution < -0.4 is 9.47 Å². The van der Waals surface area contributed by atoms with Crippen LogP contribution in [-0.2, 0) is 24.1 Å². The summed E-state index contributed by atoms with van der Waals surface area (Å²) < 4.78 is 13.0. The number of likely N-dealkylation sites (N-methyl/N-ethyl adjacent to an activating group) is 1. The van der Waals surface area contributed by atoms with Gasteiger partial charge in [-0.15, -0.1) is 0 Å². The number of carbonyl (C=O) groups excluding carboxylic acids is 1. The number of pyridine rings is 1. The Bertz CT molecular complexity index is 1080. The van der Waals surface area contributed by atoms with Gasteiger partial charge in [0.1, 0.15) is 5.65 Å². The Kier molecular flexibility index (Phi) is 6.95. The third-order valence-corrected chi connectivity index (χ3v) is 6.26. The molecule has 0 fully saturated rings. The molecule has 0 saturated heterocycles. The monoisotopic (exact) mass is 436 g/mol. The summed E-state index contributed by atoms with van der Waals surface area (Å²) in [7, 11) is 5.41. The highest BCUT2D eigenvalue weighted by Crippen LogP contribution is 2.32. The molecule has 0 radical (unpaired) electrons. The topological polar surface area (TPSA) is 59.3 Å². The molecular formula is C25H32N4O3. The lowest BCUT2D eigenvalue weighted by atomic mass is 10.0. The van der Waals surface area contributed by atoms with Gasteiger partial charge >= 0.3 is 0 Å².